The third-order valence-corrected chi connectivity index (χ3v) is 8.66. The van der Waals surface area contributed by atoms with Crippen molar-refractivity contribution < 1.29 is 14.3 Å². The quantitative estimate of drug-likeness (QED) is 0.381. The number of para-hydroxylation sites is 1. The van der Waals surface area contributed by atoms with Crippen molar-refractivity contribution in [1.29, 1.82) is 0 Å². The van der Waals surface area contributed by atoms with Crippen LogP contribution in [0.15, 0.2) is 35.9 Å². The number of carbonyl (C=O) groups is 1. The normalized spacial score (nSPS) is 12.5. The highest BCUT2D eigenvalue weighted by Gasteiger charge is 2.36. The van der Waals surface area contributed by atoms with Crippen molar-refractivity contribution in [2.75, 3.05) is 6.61 Å². The molecule has 0 saturated heterocycles. The number of Topliss-reactive ketones (excluding diaryl/α,β-unsaturated/α-hetero) is 1. The summed E-state index contributed by atoms with van der Waals surface area (Å²) in [6.07, 6.45) is 1.89. The summed E-state index contributed by atoms with van der Waals surface area (Å²) in [6.45, 7) is 13.3. The Hall–Kier alpha value is -1.83. The summed E-state index contributed by atoms with van der Waals surface area (Å²) in [5, 5.41) is 9.80. The van der Waals surface area contributed by atoms with E-state index >= 15 is 0 Å². The molecule has 0 bridgehead atoms. The van der Waals surface area contributed by atoms with Gasteiger partial charge >= 0.3 is 0 Å². The number of hydrogen-bond donors (Lipinski definition) is 1. The summed E-state index contributed by atoms with van der Waals surface area (Å²) in [7, 11) is -1.77. The van der Waals surface area contributed by atoms with Crippen molar-refractivity contribution in [2.24, 2.45) is 0 Å². The fraction of sp³-hybridized carbons (Fsp3) is 0.421. The molecule has 0 saturated carbocycles. The fourth-order valence-corrected chi connectivity index (χ4v) is 2.46. The largest absolute Gasteiger partial charge is 0.507 e. The van der Waals surface area contributed by atoms with Gasteiger partial charge in [0.1, 0.15) is 5.75 Å². The molecule has 0 amide bonds. The topological polar surface area (TPSA) is 46.5 Å². The van der Waals surface area contributed by atoms with E-state index in [-0.39, 0.29) is 22.1 Å². The second-order valence-corrected chi connectivity index (χ2v) is 11.9. The summed E-state index contributed by atoms with van der Waals surface area (Å²) in [5.74, 6) is 4.94. The van der Waals surface area contributed by atoms with E-state index in [4.69, 9.17) is 4.43 Å². The molecule has 0 unspecified atom stereocenters. The smallest absolute Gasteiger partial charge is 0.239 e. The molecule has 0 spiro atoms. The lowest BCUT2D eigenvalue weighted by Crippen LogP contribution is -2.40. The molecule has 1 rings (SSSR count). The van der Waals surface area contributed by atoms with Crippen LogP contribution in [0.1, 0.15) is 38.1 Å². The molecule has 1 N–H and O–H groups in total. The van der Waals surface area contributed by atoms with E-state index < -0.39 is 8.32 Å². The zero-order valence-electron chi connectivity index (χ0n) is 14.9. The highest BCUT2D eigenvalue weighted by atomic mass is 28.4. The lowest BCUT2D eigenvalue weighted by atomic mass is 10.1. The molecule has 0 aromatic heterocycles. The first kappa shape index (κ1) is 19.2. The van der Waals surface area contributed by atoms with Crippen LogP contribution < -0.4 is 0 Å². The van der Waals surface area contributed by atoms with Gasteiger partial charge in [0.15, 0.2) is 8.32 Å². The van der Waals surface area contributed by atoms with E-state index in [1.54, 1.807) is 18.2 Å². The maximum absolute atomic E-state index is 11.9. The minimum absolute atomic E-state index is 0.0466. The number of allylic oxidation sites excluding steroid dienone is 1. The van der Waals surface area contributed by atoms with Gasteiger partial charge in [-0.2, -0.15) is 0 Å². The predicted molar refractivity (Wildman–Crippen MR) is 97.1 cm³/mol. The van der Waals surface area contributed by atoms with Gasteiger partial charge in [-0.3, -0.25) is 4.79 Å². The Morgan fingerprint density at radius 1 is 1.26 bits per heavy atom. The van der Waals surface area contributed by atoms with Crippen LogP contribution in [0.25, 0.3) is 0 Å². The maximum atomic E-state index is 11.9. The Morgan fingerprint density at radius 3 is 2.43 bits per heavy atom. The van der Waals surface area contributed by atoms with E-state index in [2.05, 4.69) is 45.7 Å². The minimum Gasteiger partial charge on any atom is -0.507 e. The molecule has 23 heavy (non-hydrogen) atoms. The monoisotopic (exact) mass is 330 g/mol. The summed E-state index contributed by atoms with van der Waals surface area (Å²) in [4.78, 5) is 11.9. The van der Waals surface area contributed by atoms with Crippen molar-refractivity contribution >= 4 is 14.1 Å². The number of rotatable bonds is 4. The Balaban J connectivity index is 2.69. The molecular weight excluding hydrogens is 304 g/mol. The summed E-state index contributed by atoms with van der Waals surface area (Å²) in [6, 6.07) is 6.41. The van der Waals surface area contributed by atoms with E-state index in [9.17, 15) is 9.90 Å². The number of benzene rings is 1. The van der Waals surface area contributed by atoms with Crippen LogP contribution in [0.4, 0.5) is 0 Å². The van der Waals surface area contributed by atoms with Crippen LogP contribution in [0.3, 0.4) is 0 Å². The van der Waals surface area contributed by atoms with Crippen molar-refractivity contribution in [3.8, 4) is 17.6 Å². The molecule has 0 aliphatic carbocycles. The van der Waals surface area contributed by atoms with Gasteiger partial charge in [-0.25, -0.2) is 0 Å². The van der Waals surface area contributed by atoms with Crippen molar-refractivity contribution in [2.45, 2.75) is 45.8 Å². The van der Waals surface area contributed by atoms with Crippen LogP contribution in [0, 0.1) is 11.8 Å². The second-order valence-electron chi connectivity index (χ2n) is 7.05. The third-order valence-electron chi connectivity index (χ3n) is 4.16. The first-order chi connectivity index (χ1) is 10.5. The molecule has 3 nitrogen and oxygen atoms in total. The molecule has 4 heteroatoms. The predicted octanol–water partition coefficient (Wildman–Crippen LogP) is 4.55. The van der Waals surface area contributed by atoms with E-state index in [0.717, 1.165) is 5.57 Å². The maximum Gasteiger partial charge on any atom is 0.239 e. The van der Waals surface area contributed by atoms with Gasteiger partial charge in [0.05, 0.1) is 12.2 Å². The molecule has 0 aliphatic heterocycles. The van der Waals surface area contributed by atoms with Crippen LogP contribution in [0.5, 0.6) is 5.75 Å². The molecule has 0 heterocycles. The standard InChI is InChI=1S/C19H26O3Si/c1-15(13-14-22-23(5,6)19(2,3)4)11-12-18(21)16-9-7-8-10-17(16)20/h7-10,13,20H,14H2,1-6H3/b15-13-. The number of hydrogen-bond acceptors (Lipinski definition) is 3. The molecule has 0 atom stereocenters. The van der Waals surface area contributed by atoms with Gasteiger partial charge in [0, 0.05) is 0 Å². The SMILES string of the molecule is C/C(C#CC(=O)c1ccccc1O)=C/CO[Si](C)(C)C(C)(C)C. The fourth-order valence-electron chi connectivity index (χ4n) is 1.53. The number of phenols is 1. The Labute approximate surface area is 140 Å². The Morgan fingerprint density at radius 2 is 1.87 bits per heavy atom. The number of phenolic OH excluding ortho intramolecular Hbond substituents is 1. The van der Waals surface area contributed by atoms with Gasteiger partial charge in [-0.1, -0.05) is 38.8 Å². The van der Waals surface area contributed by atoms with Crippen LogP contribution in [-0.2, 0) is 4.43 Å². The molecular formula is C19H26O3Si. The second kappa shape index (κ2) is 7.63. The highest BCUT2D eigenvalue weighted by Crippen LogP contribution is 2.36. The minimum atomic E-state index is -1.77. The van der Waals surface area contributed by atoms with Gasteiger partial charge < -0.3 is 9.53 Å². The van der Waals surface area contributed by atoms with E-state index in [1.165, 1.54) is 6.07 Å². The third kappa shape index (κ3) is 5.70. The van der Waals surface area contributed by atoms with Gasteiger partial charge in [-0.15, -0.1) is 0 Å². The lowest BCUT2D eigenvalue weighted by Gasteiger charge is -2.35. The number of carbonyl (C=O) groups excluding carboxylic acids is 1. The molecule has 0 aliphatic rings. The van der Waals surface area contributed by atoms with Gasteiger partial charge in [0.2, 0.25) is 5.78 Å². The van der Waals surface area contributed by atoms with Crippen LogP contribution in [0.2, 0.25) is 18.1 Å². The van der Waals surface area contributed by atoms with Crippen molar-refractivity contribution in [1.82, 2.24) is 0 Å². The molecule has 1 aromatic rings. The molecule has 124 valence electrons. The summed E-state index contributed by atoms with van der Waals surface area (Å²) >= 11 is 0. The number of aromatic hydroxyl groups is 1. The Kier molecular flexibility index (Phi) is 6.37. The first-order valence-corrected chi connectivity index (χ1v) is 10.6. The summed E-state index contributed by atoms with van der Waals surface area (Å²) in [5.41, 5.74) is 1.01. The van der Waals surface area contributed by atoms with Crippen molar-refractivity contribution in [3.63, 3.8) is 0 Å². The molecule has 0 fully saturated rings. The Bertz CT molecular complexity index is 655. The zero-order chi connectivity index (χ0) is 17.7. The summed E-state index contributed by atoms with van der Waals surface area (Å²) < 4.78 is 6.04. The highest BCUT2D eigenvalue weighted by molar-refractivity contribution is 6.74. The molecule has 1 aromatic carbocycles. The number of ketones is 1. The van der Waals surface area contributed by atoms with Gasteiger partial charge in [0.25, 0.3) is 0 Å². The van der Waals surface area contributed by atoms with Crippen LogP contribution in [-0.4, -0.2) is 25.8 Å². The van der Waals surface area contributed by atoms with Crippen molar-refractivity contribution in [3.05, 3.63) is 41.5 Å². The average Bonchev–Trinajstić information content (AvgIpc) is 2.44. The van der Waals surface area contributed by atoms with E-state index in [0.29, 0.717) is 6.61 Å². The van der Waals surface area contributed by atoms with Crippen LogP contribution >= 0.6 is 0 Å². The average molecular weight is 331 g/mol. The first-order valence-electron chi connectivity index (χ1n) is 7.69. The van der Waals surface area contributed by atoms with E-state index in [1.807, 2.05) is 13.0 Å². The lowest BCUT2D eigenvalue weighted by molar-refractivity contribution is 0.105. The zero-order valence-corrected chi connectivity index (χ0v) is 15.9. The molecule has 0 radical (unpaired) electrons. The van der Waals surface area contributed by atoms with Gasteiger partial charge in [-0.05, 0) is 54.8 Å².